The van der Waals surface area contributed by atoms with Gasteiger partial charge in [-0.25, -0.2) is 9.78 Å². The molecule has 1 aliphatic heterocycles. The van der Waals surface area contributed by atoms with Gasteiger partial charge in [-0.15, -0.1) is 0 Å². The Balaban J connectivity index is 2.26. The zero-order valence-electron chi connectivity index (χ0n) is 9.59. The fourth-order valence-corrected chi connectivity index (χ4v) is 3.12. The van der Waals surface area contributed by atoms with Gasteiger partial charge in [0.2, 0.25) is 0 Å². The van der Waals surface area contributed by atoms with Crippen LogP contribution in [0.2, 0.25) is 0 Å². The van der Waals surface area contributed by atoms with Crippen molar-refractivity contribution in [3.63, 3.8) is 0 Å². The second-order valence-electron chi connectivity index (χ2n) is 4.06. The molecular formula is C11H15N3O2S. The first-order valence-corrected chi connectivity index (χ1v) is 6.54. The second-order valence-corrected chi connectivity index (χ2v) is 5.21. The summed E-state index contributed by atoms with van der Waals surface area (Å²) >= 11 is 1.91. The minimum absolute atomic E-state index is 0.118. The van der Waals surface area contributed by atoms with E-state index in [-0.39, 0.29) is 11.3 Å². The molecule has 0 saturated carbocycles. The van der Waals surface area contributed by atoms with Gasteiger partial charge >= 0.3 is 5.97 Å². The molecule has 5 nitrogen and oxygen atoms in total. The Bertz CT molecular complexity index is 433. The normalized spacial score (nSPS) is 19.2. The summed E-state index contributed by atoms with van der Waals surface area (Å²) in [6.07, 6.45) is 2.52. The highest BCUT2D eigenvalue weighted by atomic mass is 32.2. The van der Waals surface area contributed by atoms with Crippen LogP contribution in [0.15, 0.2) is 12.3 Å². The number of carboxylic acid groups (broad SMARTS) is 1. The van der Waals surface area contributed by atoms with Crippen molar-refractivity contribution >= 4 is 29.2 Å². The van der Waals surface area contributed by atoms with Crippen molar-refractivity contribution in [2.45, 2.75) is 12.5 Å². The highest BCUT2D eigenvalue weighted by Gasteiger charge is 2.22. The lowest BCUT2D eigenvalue weighted by atomic mass is 10.2. The monoisotopic (exact) mass is 253 g/mol. The third-order valence-corrected chi connectivity index (χ3v) is 4.11. The molecule has 1 aromatic rings. The van der Waals surface area contributed by atoms with Gasteiger partial charge in [-0.1, -0.05) is 0 Å². The Morgan fingerprint density at radius 2 is 2.47 bits per heavy atom. The maximum absolute atomic E-state index is 11.0. The average molecular weight is 253 g/mol. The molecule has 0 amide bonds. The zero-order chi connectivity index (χ0) is 12.4. The molecule has 1 atom stereocenters. The number of rotatable bonds is 3. The molecule has 0 bridgehead atoms. The van der Waals surface area contributed by atoms with Crippen LogP contribution in [0.1, 0.15) is 16.8 Å². The Kier molecular flexibility index (Phi) is 3.42. The van der Waals surface area contributed by atoms with Crippen LogP contribution in [-0.2, 0) is 0 Å². The van der Waals surface area contributed by atoms with E-state index >= 15 is 0 Å². The first-order chi connectivity index (χ1) is 8.09. The lowest BCUT2D eigenvalue weighted by Crippen LogP contribution is -2.32. The molecule has 0 spiro atoms. The van der Waals surface area contributed by atoms with E-state index in [0.29, 0.717) is 11.9 Å². The maximum Gasteiger partial charge on any atom is 0.337 e. The number of aromatic carboxylic acids is 1. The number of nitrogens with zero attached hydrogens (tertiary/aromatic N) is 2. The number of anilines is 2. The van der Waals surface area contributed by atoms with Gasteiger partial charge in [0.05, 0.1) is 17.4 Å². The molecule has 0 aliphatic carbocycles. The van der Waals surface area contributed by atoms with Gasteiger partial charge in [0, 0.05) is 18.8 Å². The molecule has 1 saturated heterocycles. The number of pyridine rings is 1. The Hall–Kier alpha value is -1.43. The summed E-state index contributed by atoms with van der Waals surface area (Å²) < 4.78 is 0. The van der Waals surface area contributed by atoms with Crippen molar-refractivity contribution < 1.29 is 9.90 Å². The third-order valence-electron chi connectivity index (χ3n) is 2.97. The highest BCUT2D eigenvalue weighted by molar-refractivity contribution is 7.99. The van der Waals surface area contributed by atoms with Crippen LogP contribution >= 0.6 is 11.8 Å². The van der Waals surface area contributed by atoms with E-state index in [1.807, 2.05) is 23.7 Å². The fraction of sp³-hybridized carbons (Fsp3) is 0.455. The largest absolute Gasteiger partial charge is 0.478 e. The van der Waals surface area contributed by atoms with E-state index in [0.717, 1.165) is 17.9 Å². The second kappa shape index (κ2) is 4.83. The summed E-state index contributed by atoms with van der Waals surface area (Å²) in [6, 6.07) is 1.97. The van der Waals surface area contributed by atoms with Gasteiger partial charge in [0.15, 0.2) is 0 Å². The zero-order valence-corrected chi connectivity index (χ0v) is 10.4. The van der Waals surface area contributed by atoms with Gasteiger partial charge < -0.3 is 15.7 Å². The van der Waals surface area contributed by atoms with Gasteiger partial charge in [0.25, 0.3) is 0 Å². The van der Waals surface area contributed by atoms with E-state index in [2.05, 4.69) is 4.98 Å². The third kappa shape index (κ3) is 2.46. The first-order valence-electron chi connectivity index (χ1n) is 5.39. The van der Waals surface area contributed by atoms with E-state index in [4.69, 9.17) is 10.8 Å². The Morgan fingerprint density at radius 1 is 1.71 bits per heavy atom. The van der Waals surface area contributed by atoms with Gasteiger partial charge in [-0.2, -0.15) is 11.8 Å². The smallest absolute Gasteiger partial charge is 0.337 e. The molecule has 1 aromatic heterocycles. The molecule has 17 heavy (non-hydrogen) atoms. The summed E-state index contributed by atoms with van der Waals surface area (Å²) in [5.74, 6) is 1.87. The molecule has 92 valence electrons. The van der Waals surface area contributed by atoms with Crippen LogP contribution in [0.3, 0.4) is 0 Å². The van der Waals surface area contributed by atoms with E-state index in [9.17, 15) is 4.79 Å². The van der Waals surface area contributed by atoms with Crippen LogP contribution in [0.4, 0.5) is 11.5 Å². The molecule has 6 heteroatoms. The van der Waals surface area contributed by atoms with E-state index in [1.165, 1.54) is 6.20 Å². The van der Waals surface area contributed by atoms with E-state index < -0.39 is 5.97 Å². The number of nitrogens with two attached hydrogens (primary N) is 1. The molecule has 1 fully saturated rings. The molecule has 1 unspecified atom stereocenters. The van der Waals surface area contributed by atoms with Gasteiger partial charge in [-0.3, -0.25) is 0 Å². The summed E-state index contributed by atoms with van der Waals surface area (Å²) in [7, 11) is 1.95. The number of hydrogen-bond donors (Lipinski definition) is 2. The van der Waals surface area contributed by atoms with Crippen LogP contribution in [-0.4, -0.2) is 40.7 Å². The van der Waals surface area contributed by atoms with Crippen LogP contribution in [0, 0.1) is 0 Å². The van der Waals surface area contributed by atoms with Crippen molar-refractivity contribution in [1.82, 2.24) is 4.98 Å². The summed E-state index contributed by atoms with van der Waals surface area (Å²) in [6.45, 7) is 0. The summed E-state index contributed by atoms with van der Waals surface area (Å²) in [5, 5.41) is 9.01. The molecular weight excluding hydrogens is 238 g/mol. The lowest BCUT2D eigenvalue weighted by Gasteiger charge is -2.25. The minimum atomic E-state index is -1.01. The predicted octanol–water partition coefficient (Wildman–Crippen LogP) is 1.30. The summed E-state index contributed by atoms with van der Waals surface area (Å²) in [5.41, 5.74) is 5.90. The number of nitrogen functional groups attached to an aromatic ring is 1. The average Bonchev–Trinajstić information content (AvgIpc) is 2.81. The molecule has 0 aromatic carbocycles. The number of carbonyl (C=O) groups is 1. The van der Waals surface area contributed by atoms with Gasteiger partial charge in [0.1, 0.15) is 5.82 Å². The fourth-order valence-electron chi connectivity index (χ4n) is 1.85. The topological polar surface area (TPSA) is 79.5 Å². The molecule has 2 heterocycles. The Labute approximate surface area is 104 Å². The maximum atomic E-state index is 11.0. The number of carboxylic acids is 1. The standard InChI is InChI=1S/C11H15N3O2S/c1-14(7-2-3-17-6-7)10-4-8(11(15)16)9(12)5-13-10/h4-5,7H,2-3,6,12H2,1H3,(H,15,16). The van der Waals surface area contributed by atoms with Gasteiger partial charge in [-0.05, 0) is 18.2 Å². The molecule has 3 N–H and O–H groups in total. The van der Waals surface area contributed by atoms with Crippen LogP contribution in [0.25, 0.3) is 0 Å². The Morgan fingerprint density at radius 3 is 3.06 bits per heavy atom. The van der Waals surface area contributed by atoms with Crippen molar-refractivity contribution in [2.75, 3.05) is 29.2 Å². The van der Waals surface area contributed by atoms with Crippen molar-refractivity contribution in [3.8, 4) is 0 Å². The molecule has 1 aliphatic rings. The number of hydrogen-bond acceptors (Lipinski definition) is 5. The SMILES string of the molecule is CN(c1cc(C(=O)O)c(N)cn1)C1CCSC1. The predicted molar refractivity (Wildman–Crippen MR) is 69.7 cm³/mol. The highest BCUT2D eigenvalue weighted by Crippen LogP contribution is 2.26. The number of thioether (sulfide) groups is 1. The quantitative estimate of drug-likeness (QED) is 0.845. The first kappa shape index (κ1) is 12.0. The minimum Gasteiger partial charge on any atom is -0.478 e. The van der Waals surface area contributed by atoms with Crippen molar-refractivity contribution in [1.29, 1.82) is 0 Å². The van der Waals surface area contributed by atoms with Crippen LogP contribution in [0.5, 0.6) is 0 Å². The van der Waals surface area contributed by atoms with Crippen LogP contribution < -0.4 is 10.6 Å². The molecule has 2 rings (SSSR count). The molecule has 0 radical (unpaired) electrons. The summed E-state index contributed by atoms with van der Waals surface area (Å²) in [4.78, 5) is 17.2. The number of aromatic nitrogens is 1. The van der Waals surface area contributed by atoms with Crippen molar-refractivity contribution in [2.24, 2.45) is 0 Å². The van der Waals surface area contributed by atoms with E-state index in [1.54, 1.807) is 6.07 Å². The van der Waals surface area contributed by atoms with Crippen molar-refractivity contribution in [3.05, 3.63) is 17.8 Å². The lowest BCUT2D eigenvalue weighted by molar-refractivity contribution is 0.0698.